The Kier molecular flexibility index (Phi) is 9.08. The molecule has 0 fully saturated rings. The molecule has 6 heteroatoms. The number of hydrogen-bond acceptors (Lipinski definition) is 4. The van der Waals surface area contributed by atoms with E-state index in [9.17, 15) is 0 Å². The summed E-state index contributed by atoms with van der Waals surface area (Å²) in [7, 11) is -1.58. The average Bonchev–Trinajstić information content (AvgIpc) is 3.32. The van der Waals surface area contributed by atoms with Crippen LogP contribution >= 0.6 is 0 Å². The van der Waals surface area contributed by atoms with E-state index in [1.807, 2.05) is 48.8 Å². The summed E-state index contributed by atoms with van der Waals surface area (Å²) < 4.78 is 6.24. The molecule has 4 aromatic heterocycles. The van der Waals surface area contributed by atoms with E-state index < -0.39 is 8.07 Å². The van der Waals surface area contributed by atoms with Gasteiger partial charge in [-0.3, -0.25) is 0 Å². The van der Waals surface area contributed by atoms with Crippen molar-refractivity contribution in [3.8, 4) is 22.5 Å². The van der Waals surface area contributed by atoms with E-state index in [4.69, 9.17) is 4.42 Å². The van der Waals surface area contributed by atoms with E-state index in [0.717, 1.165) is 33.5 Å². The topological polar surface area (TPSA) is 51.8 Å². The van der Waals surface area contributed by atoms with Crippen LogP contribution in [0.4, 0.5) is 0 Å². The van der Waals surface area contributed by atoms with Gasteiger partial charge in [-0.2, -0.15) is 0 Å². The van der Waals surface area contributed by atoms with Gasteiger partial charge in [0.05, 0.1) is 5.58 Å². The fraction of sp³-hybridized carbons (Fsp3) is 0.229. The molecule has 41 heavy (non-hydrogen) atoms. The smallest absolute Gasteiger partial charge is 0.216 e. The second-order valence-corrected chi connectivity index (χ2v) is 17.2. The molecule has 0 aliphatic carbocycles. The number of hydrogen-bond donors (Lipinski definition) is 0. The zero-order chi connectivity index (χ0) is 28.5. The molecule has 0 aliphatic rings. The van der Waals surface area contributed by atoms with Crippen LogP contribution < -0.4 is 5.19 Å². The van der Waals surface area contributed by atoms with Crippen molar-refractivity contribution >= 4 is 35.3 Å². The van der Waals surface area contributed by atoms with Gasteiger partial charge in [-0.25, -0.2) is 4.98 Å². The zero-order valence-electron chi connectivity index (χ0n) is 24.7. The Labute approximate surface area is 257 Å². The summed E-state index contributed by atoms with van der Waals surface area (Å²) in [6.07, 6.45) is 5.48. The molecular formula is C35H35IrN3OSi-2. The summed E-state index contributed by atoms with van der Waals surface area (Å²) in [4.78, 5) is 13.4. The van der Waals surface area contributed by atoms with E-state index in [-0.39, 0.29) is 25.5 Å². The number of pyridine rings is 3. The molecule has 0 saturated heterocycles. The first-order valence-corrected chi connectivity index (χ1v) is 17.1. The summed E-state index contributed by atoms with van der Waals surface area (Å²) in [5, 5.41) is 3.60. The Morgan fingerprint density at radius 2 is 1.56 bits per heavy atom. The quantitative estimate of drug-likeness (QED) is 0.135. The first kappa shape index (κ1) is 30.5. The SMILES string of the molecule is CC(C)(C)c1ccnc(-c2[c-]cc([Si](C)(C)C)c3c2oc2ncccc23)c1.Cc1ccnc(-c2[c-]cccc2)c1.[Ir]. The first-order chi connectivity index (χ1) is 19.0. The molecule has 0 unspecified atom stereocenters. The monoisotopic (exact) mass is 734 g/mol. The van der Waals surface area contributed by atoms with Crippen molar-refractivity contribution in [1.29, 1.82) is 0 Å². The Morgan fingerprint density at radius 1 is 0.805 bits per heavy atom. The third kappa shape index (κ3) is 6.73. The average molecular weight is 734 g/mol. The Bertz CT molecular complexity index is 1780. The fourth-order valence-corrected chi connectivity index (χ4v) is 6.21. The van der Waals surface area contributed by atoms with Crippen LogP contribution in [0.5, 0.6) is 0 Å². The minimum Gasteiger partial charge on any atom is -0.486 e. The van der Waals surface area contributed by atoms with Gasteiger partial charge in [-0.1, -0.05) is 69.1 Å². The maximum atomic E-state index is 6.24. The van der Waals surface area contributed by atoms with Gasteiger partial charge in [0.1, 0.15) is 0 Å². The number of fused-ring (bicyclic) bond motifs is 3. The van der Waals surface area contributed by atoms with Gasteiger partial charge in [-0.15, -0.1) is 53.2 Å². The molecule has 0 bridgehead atoms. The first-order valence-electron chi connectivity index (χ1n) is 13.6. The van der Waals surface area contributed by atoms with Crippen LogP contribution in [0.1, 0.15) is 31.9 Å². The molecule has 0 amide bonds. The van der Waals surface area contributed by atoms with Gasteiger partial charge >= 0.3 is 0 Å². The molecule has 2 aromatic carbocycles. The maximum absolute atomic E-state index is 6.24. The standard InChI is InChI=1S/C23H25N2OSi.C12H10N.Ir/c1-23(2,3)15-11-13-24-18(14-15)16-9-10-19(27(4,5)6)20-17-8-7-12-25-22(17)26-21(16)20;1-10-7-8-13-12(9-10)11-5-3-2-4-6-11;/h7-8,10-14H,1-6H3;2-5,7-9H,1H3;/q2*-1;. The third-order valence-corrected chi connectivity index (χ3v) is 8.92. The molecule has 0 N–H and O–H groups in total. The van der Waals surface area contributed by atoms with Crippen LogP contribution in [0.3, 0.4) is 0 Å². The molecule has 4 nitrogen and oxygen atoms in total. The van der Waals surface area contributed by atoms with Crippen molar-refractivity contribution < 1.29 is 24.5 Å². The molecule has 4 heterocycles. The van der Waals surface area contributed by atoms with Crippen LogP contribution in [-0.4, -0.2) is 23.0 Å². The van der Waals surface area contributed by atoms with Crippen molar-refractivity contribution in [2.75, 3.05) is 0 Å². The third-order valence-electron chi connectivity index (χ3n) is 6.91. The Balaban J connectivity index is 0.000000233. The largest absolute Gasteiger partial charge is 0.486 e. The van der Waals surface area contributed by atoms with E-state index >= 15 is 0 Å². The van der Waals surface area contributed by atoms with Crippen LogP contribution in [-0.2, 0) is 25.5 Å². The summed E-state index contributed by atoms with van der Waals surface area (Å²) in [5.41, 5.74) is 7.91. The second kappa shape index (κ2) is 12.2. The number of rotatable bonds is 3. The molecule has 0 aliphatic heterocycles. The van der Waals surface area contributed by atoms with Gasteiger partial charge in [0.25, 0.3) is 0 Å². The minimum absolute atomic E-state index is 0. The molecule has 211 valence electrons. The number of furan rings is 1. The van der Waals surface area contributed by atoms with Crippen LogP contribution in [0.25, 0.3) is 44.6 Å². The number of benzene rings is 2. The predicted octanol–water partition coefficient (Wildman–Crippen LogP) is 8.54. The van der Waals surface area contributed by atoms with Gasteiger partial charge in [0.2, 0.25) is 5.71 Å². The number of aryl methyl sites for hydroxylation is 1. The van der Waals surface area contributed by atoms with Crippen LogP contribution in [0, 0.1) is 19.1 Å². The van der Waals surface area contributed by atoms with E-state index in [1.54, 1.807) is 6.20 Å². The van der Waals surface area contributed by atoms with Gasteiger partial charge in [-0.05, 0) is 53.6 Å². The van der Waals surface area contributed by atoms with Crippen LogP contribution in [0.15, 0.2) is 89.7 Å². The fourth-order valence-electron chi connectivity index (χ4n) is 4.71. The van der Waals surface area contributed by atoms with Crippen molar-refractivity contribution in [2.24, 2.45) is 0 Å². The zero-order valence-corrected chi connectivity index (χ0v) is 28.1. The molecule has 0 spiro atoms. The Hall–Kier alpha value is -3.44. The summed E-state index contributed by atoms with van der Waals surface area (Å²) in [5.74, 6) is 0. The number of aromatic nitrogens is 3. The van der Waals surface area contributed by atoms with Gasteiger partial charge in [0, 0.05) is 52.2 Å². The van der Waals surface area contributed by atoms with Crippen molar-refractivity contribution in [3.05, 3.63) is 109 Å². The molecule has 1 radical (unpaired) electrons. The normalized spacial score (nSPS) is 11.6. The van der Waals surface area contributed by atoms with Gasteiger partial charge < -0.3 is 14.4 Å². The second-order valence-electron chi connectivity index (χ2n) is 12.2. The van der Waals surface area contributed by atoms with Crippen molar-refractivity contribution in [2.45, 2.75) is 52.8 Å². The van der Waals surface area contributed by atoms with E-state index in [0.29, 0.717) is 5.71 Å². The number of nitrogens with zero attached hydrogens (tertiary/aromatic N) is 3. The molecule has 0 saturated carbocycles. The van der Waals surface area contributed by atoms with Crippen LogP contribution in [0.2, 0.25) is 19.6 Å². The molecular weight excluding hydrogens is 699 g/mol. The Morgan fingerprint density at radius 3 is 2.24 bits per heavy atom. The summed E-state index contributed by atoms with van der Waals surface area (Å²) in [6, 6.07) is 29.0. The van der Waals surface area contributed by atoms with Crippen molar-refractivity contribution in [3.63, 3.8) is 0 Å². The summed E-state index contributed by atoms with van der Waals surface area (Å²) >= 11 is 0. The van der Waals surface area contributed by atoms with E-state index in [2.05, 4.69) is 105 Å². The van der Waals surface area contributed by atoms with Crippen molar-refractivity contribution in [1.82, 2.24) is 15.0 Å². The van der Waals surface area contributed by atoms with E-state index in [1.165, 1.54) is 21.7 Å². The molecule has 6 rings (SSSR count). The van der Waals surface area contributed by atoms with Gasteiger partial charge in [0.15, 0.2) is 0 Å². The predicted molar refractivity (Wildman–Crippen MR) is 169 cm³/mol. The molecule has 6 aromatic rings. The molecule has 0 atom stereocenters. The maximum Gasteiger partial charge on any atom is 0.216 e. The minimum atomic E-state index is -1.58. The summed E-state index contributed by atoms with van der Waals surface area (Å²) in [6.45, 7) is 15.8.